The van der Waals surface area contributed by atoms with Crippen LogP contribution in [0.25, 0.3) is 0 Å². The van der Waals surface area contributed by atoms with Gasteiger partial charge in [0.25, 0.3) is 0 Å². The molecule has 94 valence electrons. The first kappa shape index (κ1) is 13.7. The zero-order chi connectivity index (χ0) is 12.0. The van der Waals surface area contributed by atoms with Crippen LogP contribution in [-0.4, -0.2) is 42.2 Å². The highest BCUT2D eigenvalue weighted by Gasteiger charge is 2.14. The molecule has 2 N–H and O–H groups in total. The van der Waals surface area contributed by atoms with Crippen LogP contribution >= 0.6 is 12.2 Å². The SMILES string of the molecule is CC(CNC(=S)NC(C)C)CN1CCCC1. The van der Waals surface area contributed by atoms with E-state index in [2.05, 4.69) is 36.3 Å². The van der Waals surface area contributed by atoms with E-state index in [1.807, 2.05) is 0 Å². The molecule has 0 aliphatic carbocycles. The molecule has 1 rings (SSSR count). The smallest absolute Gasteiger partial charge is 0.166 e. The van der Waals surface area contributed by atoms with Crippen LogP contribution in [0.5, 0.6) is 0 Å². The lowest BCUT2D eigenvalue weighted by molar-refractivity contribution is 0.288. The summed E-state index contributed by atoms with van der Waals surface area (Å²) in [5, 5.41) is 7.26. The van der Waals surface area contributed by atoms with E-state index < -0.39 is 0 Å². The van der Waals surface area contributed by atoms with Crippen LogP contribution in [0.3, 0.4) is 0 Å². The van der Waals surface area contributed by atoms with Crippen molar-refractivity contribution in [3.05, 3.63) is 0 Å². The molecular weight excluding hydrogens is 218 g/mol. The summed E-state index contributed by atoms with van der Waals surface area (Å²) in [4.78, 5) is 2.55. The zero-order valence-corrected chi connectivity index (χ0v) is 11.6. The van der Waals surface area contributed by atoms with Crippen LogP contribution < -0.4 is 10.6 Å². The summed E-state index contributed by atoms with van der Waals surface area (Å²) in [5.74, 6) is 0.657. The molecule has 1 unspecified atom stereocenters. The lowest BCUT2D eigenvalue weighted by Gasteiger charge is -2.21. The van der Waals surface area contributed by atoms with Gasteiger partial charge in [0.1, 0.15) is 0 Å². The van der Waals surface area contributed by atoms with Crippen molar-refractivity contribution in [3.63, 3.8) is 0 Å². The van der Waals surface area contributed by atoms with E-state index in [0.717, 1.165) is 11.7 Å². The van der Waals surface area contributed by atoms with E-state index in [4.69, 9.17) is 12.2 Å². The third-order valence-corrected chi connectivity index (χ3v) is 3.06. The molecule has 0 aromatic rings. The maximum absolute atomic E-state index is 5.20. The predicted octanol–water partition coefficient (Wildman–Crippen LogP) is 1.59. The highest BCUT2D eigenvalue weighted by atomic mass is 32.1. The number of nitrogens with zero attached hydrogens (tertiary/aromatic N) is 1. The molecule has 0 bridgehead atoms. The maximum atomic E-state index is 5.20. The van der Waals surface area contributed by atoms with Gasteiger partial charge in [0.15, 0.2) is 5.11 Å². The number of hydrogen-bond acceptors (Lipinski definition) is 2. The second-order valence-corrected chi connectivity index (χ2v) is 5.53. The first-order valence-corrected chi connectivity index (χ1v) is 6.75. The van der Waals surface area contributed by atoms with Gasteiger partial charge < -0.3 is 15.5 Å². The molecule has 0 aromatic carbocycles. The van der Waals surface area contributed by atoms with E-state index in [-0.39, 0.29) is 0 Å². The predicted molar refractivity (Wildman–Crippen MR) is 73.7 cm³/mol. The van der Waals surface area contributed by atoms with Gasteiger partial charge in [0, 0.05) is 19.1 Å². The van der Waals surface area contributed by atoms with E-state index in [1.54, 1.807) is 0 Å². The molecule has 1 aliphatic rings. The van der Waals surface area contributed by atoms with Crippen LogP contribution in [0.2, 0.25) is 0 Å². The van der Waals surface area contributed by atoms with Gasteiger partial charge in [-0.15, -0.1) is 0 Å². The minimum absolute atomic E-state index is 0.411. The average molecular weight is 243 g/mol. The van der Waals surface area contributed by atoms with Gasteiger partial charge in [-0.25, -0.2) is 0 Å². The fraction of sp³-hybridized carbons (Fsp3) is 0.917. The zero-order valence-electron chi connectivity index (χ0n) is 10.8. The third-order valence-electron chi connectivity index (χ3n) is 2.80. The monoisotopic (exact) mass is 243 g/mol. The lowest BCUT2D eigenvalue weighted by Crippen LogP contribution is -2.42. The van der Waals surface area contributed by atoms with E-state index in [9.17, 15) is 0 Å². The first-order valence-electron chi connectivity index (χ1n) is 6.34. The van der Waals surface area contributed by atoms with Crippen molar-refractivity contribution in [2.45, 2.75) is 39.7 Å². The standard InChI is InChI=1S/C12H25N3S/c1-10(2)14-12(16)13-8-11(3)9-15-6-4-5-7-15/h10-11H,4-9H2,1-3H3,(H2,13,14,16). The molecule has 4 heteroatoms. The minimum atomic E-state index is 0.411. The van der Waals surface area contributed by atoms with Crippen LogP contribution in [0, 0.1) is 5.92 Å². The molecule has 1 atom stereocenters. The number of hydrogen-bond donors (Lipinski definition) is 2. The number of nitrogens with one attached hydrogen (secondary N) is 2. The van der Waals surface area contributed by atoms with Crippen LogP contribution in [0.15, 0.2) is 0 Å². The van der Waals surface area contributed by atoms with Crippen molar-refractivity contribution in [3.8, 4) is 0 Å². The topological polar surface area (TPSA) is 27.3 Å². The van der Waals surface area contributed by atoms with Crippen molar-refractivity contribution < 1.29 is 0 Å². The molecule has 0 amide bonds. The Kier molecular flexibility index (Phi) is 6.06. The normalized spacial score (nSPS) is 18.8. The quantitative estimate of drug-likeness (QED) is 0.717. The fourth-order valence-electron chi connectivity index (χ4n) is 2.05. The second kappa shape index (κ2) is 7.07. The summed E-state index contributed by atoms with van der Waals surface area (Å²) >= 11 is 5.20. The van der Waals surface area contributed by atoms with Gasteiger partial charge in [-0.3, -0.25) is 0 Å². The number of thiocarbonyl (C=S) groups is 1. The Balaban J connectivity index is 2.09. The van der Waals surface area contributed by atoms with Gasteiger partial charge in [0.05, 0.1) is 0 Å². The third kappa shape index (κ3) is 5.66. The first-order chi connectivity index (χ1) is 7.58. The lowest BCUT2D eigenvalue weighted by atomic mass is 10.1. The Morgan fingerprint density at radius 3 is 2.44 bits per heavy atom. The van der Waals surface area contributed by atoms with Gasteiger partial charge in [-0.1, -0.05) is 6.92 Å². The largest absolute Gasteiger partial charge is 0.362 e. The molecule has 1 saturated heterocycles. The van der Waals surface area contributed by atoms with Gasteiger partial charge in [0.2, 0.25) is 0 Å². The molecule has 1 heterocycles. The van der Waals surface area contributed by atoms with Crippen molar-refractivity contribution in [1.82, 2.24) is 15.5 Å². The molecule has 0 radical (unpaired) electrons. The number of rotatable bonds is 5. The fourth-order valence-corrected chi connectivity index (χ4v) is 2.37. The van der Waals surface area contributed by atoms with Crippen molar-refractivity contribution >= 4 is 17.3 Å². The van der Waals surface area contributed by atoms with E-state index in [1.165, 1.54) is 32.5 Å². The van der Waals surface area contributed by atoms with Gasteiger partial charge in [-0.05, 0) is 57.9 Å². The van der Waals surface area contributed by atoms with Crippen LogP contribution in [0.1, 0.15) is 33.6 Å². The highest BCUT2D eigenvalue weighted by Crippen LogP contribution is 2.09. The summed E-state index contributed by atoms with van der Waals surface area (Å²) in [6.07, 6.45) is 2.74. The molecule has 1 fully saturated rings. The second-order valence-electron chi connectivity index (χ2n) is 5.12. The Labute approximate surface area is 105 Å². The Bertz CT molecular complexity index is 212. The molecule has 3 nitrogen and oxygen atoms in total. The van der Waals surface area contributed by atoms with Crippen molar-refractivity contribution in [1.29, 1.82) is 0 Å². The molecule has 16 heavy (non-hydrogen) atoms. The van der Waals surface area contributed by atoms with Crippen molar-refractivity contribution in [2.75, 3.05) is 26.2 Å². The summed E-state index contributed by atoms with van der Waals surface area (Å²) in [6.45, 7) is 11.2. The van der Waals surface area contributed by atoms with Crippen molar-refractivity contribution in [2.24, 2.45) is 5.92 Å². The van der Waals surface area contributed by atoms with Gasteiger partial charge in [-0.2, -0.15) is 0 Å². The number of likely N-dealkylation sites (tertiary alicyclic amines) is 1. The van der Waals surface area contributed by atoms with Gasteiger partial charge >= 0.3 is 0 Å². The molecule has 0 spiro atoms. The Hall–Kier alpha value is -0.350. The molecule has 0 aromatic heterocycles. The van der Waals surface area contributed by atoms with E-state index >= 15 is 0 Å². The maximum Gasteiger partial charge on any atom is 0.166 e. The molecular formula is C12H25N3S. The minimum Gasteiger partial charge on any atom is -0.362 e. The Morgan fingerprint density at radius 1 is 1.25 bits per heavy atom. The van der Waals surface area contributed by atoms with Crippen LogP contribution in [0.4, 0.5) is 0 Å². The summed E-state index contributed by atoms with van der Waals surface area (Å²) in [5.41, 5.74) is 0. The van der Waals surface area contributed by atoms with Crippen LogP contribution in [-0.2, 0) is 0 Å². The summed E-state index contributed by atoms with van der Waals surface area (Å²) in [6, 6.07) is 0.411. The summed E-state index contributed by atoms with van der Waals surface area (Å²) in [7, 11) is 0. The average Bonchev–Trinajstić information content (AvgIpc) is 2.66. The van der Waals surface area contributed by atoms with E-state index in [0.29, 0.717) is 12.0 Å². The summed E-state index contributed by atoms with van der Waals surface area (Å²) < 4.78 is 0. The molecule has 1 aliphatic heterocycles. The Morgan fingerprint density at radius 2 is 1.88 bits per heavy atom. The molecule has 0 saturated carbocycles. The highest BCUT2D eigenvalue weighted by molar-refractivity contribution is 7.80.